The summed E-state index contributed by atoms with van der Waals surface area (Å²) < 4.78 is 5.09. The number of nitrogens with zero attached hydrogens (tertiary/aromatic N) is 1. The van der Waals surface area contributed by atoms with Gasteiger partial charge in [0.25, 0.3) is 0 Å². The van der Waals surface area contributed by atoms with Gasteiger partial charge in [-0.3, -0.25) is 4.79 Å². The third-order valence-corrected chi connectivity index (χ3v) is 4.57. The summed E-state index contributed by atoms with van der Waals surface area (Å²) in [5.41, 5.74) is 7.14. The van der Waals surface area contributed by atoms with Crippen LogP contribution in [0.2, 0.25) is 0 Å². The predicted octanol–water partition coefficient (Wildman–Crippen LogP) is 2.73. The lowest BCUT2D eigenvalue weighted by molar-refractivity contribution is -0.131. The number of hydrogen-bond donors (Lipinski definition) is 1. The van der Waals surface area contributed by atoms with Crippen molar-refractivity contribution in [2.75, 3.05) is 6.61 Å². The molecule has 0 aromatic heterocycles. The Bertz CT molecular complexity index is 528. The molecule has 1 aromatic carbocycles. The number of cyclic esters (lactones) is 1. The number of carbonyl (C=O) groups excluding carboxylic acids is 2. The Balaban J connectivity index is 2.05. The zero-order chi connectivity index (χ0) is 16.8. The molecule has 2 N–H and O–H groups in total. The summed E-state index contributed by atoms with van der Waals surface area (Å²) in [5, 5.41) is 0. The molecule has 1 aliphatic heterocycles. The first-order chi connectivity index (χ1) is 11.1. The van der Waals surface area contributed by atoms with Crippen LogP contribution in [0.1, 0.15) is 38.7 Å². The topological polar surface area (TPSA) is 72.6 Å². The zero-order valence-electron chi connectivity index (χ0n) is 13.9. The average molecular weight is 318 g/mol. The predicted molar refractivity (Wildman–Crippen MR) is 88.8 cm³/mol. The molecule has 5 nitrogen and oxygen atoms in total. The molecule has 2 amide bonds. The number of benzene rings is 1. The highest BCUT2D eigenvalue weighted by molar-refractivity contribution is 5.96. The molecule has 0 bridgehead atoms. The maximum absolute atomic E-state index is 12.6. The van der Waals surface area contributed by atoms with Gasteiger partial charge < -0.3 is 10.5 Å². The Morgan fingerprint density at radius 2 is 1.96 bits per heavy atom. The van der Waals surface area contributed by atoms with Gasteiger partial charge in [-0.1, -0.05) is 57.0 Å². The van der Waals surface area contributed by atoms with Crippen molar-refractivity contribution in [3.05, 3.63) is 35.9 Å². The van der Waals surface area contributed by atoms with E-state index in [1.165, 1.54) is 4.90 Å². The van der Waals surface area contributed by atoms with Gasteiger partial charge in [0.05, 0.1) is 12.1 Å². The number of hydrogen-bond acceptors (Lipinski definition) is 4. The van der Waals surface area contributed by atoms with Crippen molar-refractivity contribution >= 4 is 12.0 Å². The third-order valence-electron chi connectivity index (χ3n) is 4.57. The molecule has 0 saturated carbocycles. The van der Waals surface area contributed by atoms with Crippen molar-refractivity contribution in [2.45, 2.75) is 51.6 Å². The second kappa shape index (κ2) is 8.11. The first kappa shape index (κ1) is 17.5. The van der Waals surface area contributed by atoms with Crippen LogP contribution in [0, 0.1) is 5.92 Å². The lowest BCUT2D eigenvalue weighted by Gasteiger charge is -2.24. The highest BCUT2D eigenvalue weighted by Crippen LogP contribution is 2.21. The summed E-state index contributed by atoms with van der Waals surface area (Å²) in [6, 6.07) is 8.86. The van der Waals surface area contributed by atoms with E-state index in [4.69, 9.17) is 10.5 Å². The Morgan fingerprint density at radius 3 is 2.57 bits per heavy atom. The molecule has 1 saturated heterocycles. The second-order valence-electron chi connectivity index (χ2n) is 6.15. The van der Waals surface area contributed by atoms with Gasteiger partial charge >= 0.3 is 6.09 Å². The van der Waals surface area contributed by atoms with E-state index in [1.807, 2.05) is 30.3 Å². The normalized spacial score (nSPS) is 19.0. The minimum Gasteiger partial charge on any atom is -0.447 e. The first-order valence-electron chi connectivity index (χ1n) is 8.36. The van der Waals surface area contributed by atoms with E-state index < -0.39 is 12.1 Å². The first-order valence-corrected chi connectivity index (χ1v) is 8.36. The molecule has 1 fully saturated rings. The fourth-order valence-corrected chi connectivity index (χ4v) is 3.03. The van der Waals surface area contributed by atoms with Crippen molar-refractivity contribution in [1.29, 1.82) is 0 Å². The molecule has 5 heteroatoms. The fourth-order valence-electron chi connectivity index (χ4n) is 3.03. The second-order valence-corrected chi connectivity index (χ2v) is 6.15. The van der Waals surface area contributed by atoms with E-state index >= 15 is 0 Å². The van der Waals surface area contributed by atoms with Crippen LogP contribution in [0.3, 0.4) is 0 Å². The van der Waals surface area contributed by atoms with Gasteiger partial charge in [-0.05, 0) is 24.3 Å². The van der Waals surface area contributed by atoms with Gasteiger partial charge in [0.1, 0.15) is 6.61 Å². The van der Waals surface area contributed by atoms with Crippen LogP contribution in [0.25, 0.3) is 0 Å². The van der Waals surface area contributed by atoms with Crippen LogP contribution in [0.5, 0.6) is 0 Å². The zero-order valence-corrected chi connectivity index (χ0v) is 13.9. The lowest BCUT2D eigenvalue weighted by atomic mass is 9.94. The van der Waals surface area contributed by atoms with Crippen LogP contribution in [0.15, 0.2) is 30.3 Å². The third kappa shape index (κ3) is 4.32. The number of nitrogens with two attached hydrogens (primary N) is 1. The summed E-state index contributed by atoms with van der Waals surface area (Å²) in [6.07, 6.45) is 2.59. The molecule has 2 rings (SSSR count). The van der Waals surface area contributed by atoms with Gasteiger partial charge in [0.2, 0.25) is 5.91 Å². The van der Waals surface area contributed by atoms with Gasteiger partial charge in [-0.2, -0.15) is 0 Å². The van der Waals surface area contributed by atoms with Crippen LogP contribution in [0.4, 0.5) is 4.79 Å². The molecule has 0 aliphatic carbocycles. The molecule has 2 atom stereocenters. The molecule has 0 radical (unpaired) electrons. The largest absolute Gasteiger partial charge is 0.447 e. The van der Waals surface area contributed by atoms with Crippen molar-refractivity contribution in [3.8, 4) is 0 Å². The van der Waals surface area contributed by atoms with Crippen molar-refractivity contribution in [2.24, 2.45) is 11.7 Å². The monoisotopic (exact) mass is 318 g/mol. The summed E-state index contributed by atoms with van der Waals surface area (Å²) in [6.45, 7) is 4.42. The lowest BCUT2D eigenvalue weighted by Crippen LogP contribution is -2.49. The van der Waals surface area contributed by atoms with Crippen LogP contribution in [-0.4, -0.2) is 35.6 Å². The molecule has 1 unspecified atom stereocenters. The molecule has 1 aromatic rings. The Labute approximate surface area is 137 Å². The number of ether oxygens (including phenoxy) is 1. The van der Waals surface area contributed by atoms with Crippen LogP contribution in [-0.2, 0) is 16.0 Å². The highest BCUT2D eigenvalue weighted by atomic mass is 16.6. The number of amides is 2. The van der Waals surface area contributed by atoms with Gasteiger partial charge in [0, 0.05) is 0 Å². The minimum absolute atomic E-state index is 0.233. The Morgan fingerprint density at radius 1 is 1.30 bits per heavy atom. The van der Waals surface area contributed by atoms with E-state index in [1.54, 1.807) is 0 Å². The van der Waals surface area contributed by atoms with E-state index in [9.17, 15) is 9.59 Å². The Hall–Kier alpha value is -1.88. The summed E-state index contributed by atoms with van der Waals surface area (Å²) in [7, 11) is 0. The molecule has 1 heterocycles. The molecule has 23 heavy (non-hydrogen) atoms. The van der Waals surface area contributed by atoms with Crippen molar-refractivity contribution < 1.29 is 14.3 Å². The number of imide groups is 1. The maximum atomic E-state index is 12.6. The quantitative estimate of drug-likeness (QED) is 0.839. The fraction of sp³-hybridized carbons (Fsp3) is 0.556. The van der Waals surface area contributed by atoms with E-state index in [-0.39, 0.29) is 18.6 Å². The maximum Gasteiger partial charge on any atom is 0.417 e. The molecular weight excluding hydrogens is 292 g/mol. The van der Waals surface area contributed by atoms with E-state index in [0.29, 0.717) is 18.8 Å². The smallest absolute Gasteiger partial charge is 0.417 e. The highest BCUT2D eigenvalue weighted by Gasteiger charge is 2.40. The van der Waals surface area contributed by atoms with Gasteiger partial charge in [0.15, 0.2) is 0 Å². The standard InChI is InChI=1S/C18H26N2O3/c1-3-13(4-2)11-16(19)17(21)20-15(12-23-18(20)22)10-14-8-6-5-7-9-14/h5-9,13,15-16H,3-4,10-12,19H2,1-2H3/t15?,16-/m0/s1. The average Bonchev–Trinajstić information content (AvgIpc) is 2.93. The van der Waals surface area contributed by atoms with Crippen molar-refractivity contribution in [1.82, 2.24) is 4.90 Å². The van der Waals surface area contributed by atoms with E-state index in [0.717, 1.165) is 18.4 Å². The van der Waals surface area contributed by atoms with E-state index in [2.05, 4.69) is 13.8 Å². The molecular formula is C18H26N2O3. The number of rotatable bonds is 7. The minimum atomic E-state index is -0.649. The number of carbonyl (C=O) groups is 2. The van der Waals surface area contributed by atoms with Gasteiger partial charge in [-0.15, -0.1) is 0 Å². The molecule has 126 valence electrons. The van der Waals surface area contributed by atoms with Gasteiger partial charge in [-0.25, -0.2) is 9.69 Å². The summed E-state index contributed by atoms with van der Waals surface area (Å²) in [4.78, 5) is 25.8. The SMILES string of the molecule is CCC(CC)C[C@H](N)C(=O)N1C(=O)OCC1Cc1ccccc1. The van der Waals surface area contributed by atoms with Crippen molar-refractivity contribution in [3.63, 3.8) is 0 Å². The summed E-state index contributed by atoms with van der Waals surface area (Å²) in [5.74, 6) is 0.0838. The molecule has 0 spiro atoms. The van der Waals surface area contributed by atoms with Crippen LogP contribution >= 0.6 is 0 Å². The summed E-state index contributed by atoms with van der Waals surface area (Å²) >= 11 is 0. The van der Waals surface area contributed by atoms with Crippen LogP contribution < -0.4 is 5.73 Å². The Kier molecular flexibility index (Phi) is 6.16. The molecule has 1 aliphatic rings.